The minimum atomic E-state index is -2.55. The van der Waals surface area contributed by atoms with E-state index < -0.39 is 11.8 Å². The molecule has 0 saturated carbocycles. The summed E-state index contributed by atoms with van der Waals surface area (Å²) in [6.07, 6.45) is 0.509. The molecule has 0 aromatic heterocycles. The normalized spacial score (nSPS) is 25.7. The topological polar surface area (TPSA) is 23.5 Å². The van der Waals surface area contributed by atoms with Gasteiger partial charge in [-0.3, -0.25) is 4.90 Å². The van der Waals surface area contributed by atoms with Gasteiger partial charge in [-0.05, 0) is 6.42 Å². The number of rotatable bonds is 3. The average molecular weight is 209 g/mol. The highest BCUT2D eigenvalue weighted by molar-refractivity contribution is 4.89. The van der Waals surface area contributed by atoms with E-state index in [0.717, 1.165) is 0 Å². The van der Waals surface area contributed by atoms with Crippen molar-refractivity contribution in [2.45, 2.75) is 33.1 Å². The van der Waals surface area contributed by atoms with Crippen LogP contribution in [0.25, 0.3) is 0 Å². The number of β-amino-alcohol motifs (C(OH)–C–C–N with tert-alkyl or cyclic N) is 1. The Hall–Kier alpha value is -0.220. The summed E-state index contributed by atoms with van der Waals surface area (Å²) >= 11 is 0. The molecule has 1 N–H and O–H groups in total. The first kappa shape index (κ1) is 13.8. The number of aliphatic hydroxyl groups excluding tert-OH is 1. The van der Waals surface area contributed by atoms with E-state index >= 15 is 0 Å². The largest absolute Gasteiger partial charge is 0.395 e. The van der Waals surface area contributed by atoms with Crippen LogP contribution in [0.2, 0.25) is 0 Å². The lowest BCUT2D eigenvalue weighted by Gasteiger charge is -2.14. The third kappa shape index (κ3) is 3.50. The second-order valence-corrected chi connectivity index (χ2v) is 3.32. The summed E-state index contributed by atoms with van der Waals surface area (Å²) in [6, 6.07) is 0. The molecule has 0 amide bonds. The molecule has 0 aromatic rings. The van der Waals surface area contributed by atoms with E-state index in [2.05, 4.69) is 0 Å². The van der Waals surface area contributed by atoms with Crippen LogP contribution in [-0.4, -0.2) is 42.2 Å². The average Bonchev–Trinajstić information content (AvgIpc) is 2.44. The Labute approximate surface area is 84.9 Å². The number of halogens is 2. The van der Waals surface area contributed by atoms with Gasteiger partial charge in [-0.1, -0.05) is 20.8 Å². The third-order valence-electron chi connectivity index (χ3n) is 2.42. The zero-order valence-electron chi connectivity index (χ0n) is 9.26. The van der Waals surface area contributed by atoms with Gasteiger partial charge in [0.15, 0.2) is 0 Å². The van der Waals surface area contributed by atoms with Crippen molar-refractivity contribution < 1.29 is 13.9 Å². The summed E-state index contributed by atoms with van der Waals surface area (Å²) in [6.45, 7) is 6.34. The molecule has 2 nitrogen and oxygen atoms in total. The van der Waals surface area contributed by atoms with E-state index in [4.69, 9.17) is 5.11 Å². The SMILES string of the molecule is CC.CCC1CN(CCO)CC1(F)F. The van der Waals surface area contributed by atoms with Crippen molar-refractivity contribution in [2.24, 2.45) is 5.92 Å². The molecule has 14 heavy (non-hydrogen) atoms. The van der Waals surface area contributed by atoms with Crippen molar-refractivity contribution in [3.05, 3.63) is 0 Å². The van der Waals surface area contributed by atoms with Gasteiger partial charge in [0.05, 0.1) is 13.2 Å². The molecule has 1 atom stereocenters. The highest BCUT2D eigenvalue weighted by Gasteiger charge is 2.46. The Morgan fingerprint density at radius 3 is 2.36 bits per heavy atom. The van der Waals surface area contributed by atoms with Gasteiger partial charge in [-0.25, -0.2) is 8.78 Å². The van der Waals surface area contributed by atoms with Crippen LogP contribution in [0.3, 0.4) is 0 Å². The van der Waals surface area contributed by atoms with Crippen LogP contribution in [0.15, 0.2) is 0 Å². The number of likely N-dealkylation sites (tertiary alicyclic amines) is 1. The molecule has 1 unspecified atom stereocenters. The molecule has 0 spiro atoms. The Morgan fingerprint density at radius 2 is 2.00 bits per heavy atom. The van der Waals surface area contributed by atoms with Gasteiger partial charge in [-0.2, -0.15) is 0 Å². The van der Waals surface area contributed by atoms with E-state index in [1.165, 1.54) is 0 Å². The first-order chi connectivity index (χ1) is 6.60. The maximum Gasteiger partial charge on any atom is 0.264 e. The van der Waals surface area contributed by atoms with E-state index in [-0.39, 0.29) is 13.2 Å². The first-order valence-electron chi connectivity index (χ1n) is 5.31. The summed E-state index contributed by atoms with van der Waals surface area (Å²) < 4.78 is 26.1. The van der Waals surface area contributed by atoms with Gasteiger partial charge in [0, 0.05) is 19.0 Å². The predicted octanol–water partition coefficient (Wildman–Crippen LogP) is 1.98. The standard InChI is InChI=1S/C8H15F2NO.C2H6/c1-2-7-5-11(3-4-12)6-8(7,9)10;1-2/h7,12H,2-6H2,1H3;1-2H3. The lowest BCUT2D eigenvalue weighted by Crippen LogP contribution is -2.28. The Balaban J connectivity index is 0.000000791. The van der Waals surface area contributed by atoms with Crippen molar-refractivity contribution in [1.82, 2.24) is 4.90 Å². The van der Waals surface area contributed by atoms with E-state index in [1.807, 2.05) is 13.8 Å². The van der Waals surface area contributed by atoms with Crippen LogP contribution >= 0.6 is 0 Å². The van der Waals surface area contributed by atoms with Gasteiger partial charge in [-0.15, -0.1) is 0 Å². The molecule has 1 aliphatic heterocycles. The molecule has 1 saturated heterocycles. The van der Waals surface area contributed by atoms with Crippen LogP contribution in [0, 0.1) is 5.92 Å². The van der Waals surface area contributed by atoms with Crippen LogP contribution in [0.5, 0.6) is 0 Å². The van der Waals surface area contributed by atoms with Gasteiger partial charge < -0.3 is 5.11 Å². The van der Waals surface area contributed by atoms with Gasteiger partial charge in [0.25, 0.3) is 5.92 Å². The summed E-state index contributed by atoms with van der Waals surface area (Å²) in [4.78, 5) is 1.62. The van der Waals surface area contributed by atoms with Crippen molar-refractivity contribution in [2.75, 3.05) is 26.2 Å². The lowest BCUT2D eigenvalue weighted by atomic mass is 10.0. The fourth-order valence-electron chi connectivity index (χ4n) is 1.68. The Kier molecular flexibility index (Phi) is 6.20. The highest BCUT2D eigenvalue weighted by atomic mass is 19.3. The second kappa shape index (κ2) is 6.30. The van der Waals surface area contributed by atoms with E-state index in [1.54, 1.807) is 11.8 Å². The first-order valence-corrected chi connectivity index (χ1v) is 5.31. The molecule has 0 radical (unpaired) electrons. The predicted molar refractivity (Wildman–Crippen MR) is 53.6 cm³/mol. The second-order valence-electron chi connectivity index (χ2n) is 3.32. The summed E-state index contributed by atoms with van der Waals surface area (Å²) in [5.41, 5.74) is 0. The molecule has 0 aromatic carbocycles. The molecule has 1 fully saturated rings. The van der Waals surface area contributed by atoms with Crippen molar-refractivity contribution in [1.29, 1.82) is 0 Å². The van der Waals surface area contributed by atoms with E-state index in [0.29, 0.717) is 19.5 Å². The Morgan fingerprint density at radius 1 is 1.43 bits per heavy atom. The van der Waals surface area contributed by atoms with Crippen LogP contribution in [0.4, 0.5) is 8.78 Å². The van der Waals surface area contributed by atoms with Gasteiger partial charge >= 0.3 is 0 Å². The zero-order valence-corrected chi connectivity index (χ0v) is 9.26. The quantitative estimate of drug-likeness (QED) is 0.768. The summed E-state index contributed by atoms with van der Waals surface area (Å²) in [7, 11) is 0. The van der Waals surface area contributed by atoms with Crippen molar-refractivity contribution >= 4 is 0 Å². The molecule has 0 bridgehead atoms. The summed E-state index contributed by atoms with van der Waals surface area (Å²) in [5.74, 6) is -3.08. The minimum Gasteiger partial charge on any atom is -0.395 e. The molecule has 1 heterocycles. The minimum absolute atomic E-state index is 0.0352. The van der Waals surface area contributed by atoms with E-state index in [9.17, 15) is 8.78 Å². The van der Waals surface area contributed by atoms with Gasteiger partial charge in [0.1, 0.15) is 0 Å². The zero-order chi connectivity index (χ0) is 11.2. The number of alkyl halides is 2. The fraction of sp³-hybridized carbons (Fsp3) is 1.00. The maximum atomic E-state index is 13.1. The maximum absolute atomic E-state index is 13.1. The molecular weight excluding hydrogens is 188 g/mol. The third-order valence-corrected chi connectivity index (χ3v) is 2.42. The Bertz CT molecular complexity index is 153. The molecule has 1 rings (SSSR count). The molecule has 0 aliphatic carbocycles. The van der Waals surface area contributed by atoms with Crippen LogP contribution in [-0.2, 0) is 0 Å². The fourth-order valence-corrected chi connectivity index (χ4v) is 1.68. The molecule has 86 valence electrons. The molecule has 1 aliphatic rings. The van der Waals surface area contributed by atoms with Gasteiger partial charge in [0.2, 0.25) is 0 Å². The molecule has 4 heteroatoms. The highest BCUT2D eigenvalue weighted by Crippen LogP contribution is 2.34. The smallest absolute Gasteiger partial charge is 0.264 e. The number of nitrogens with zero attached hydrogens (tertiary/aromatic N) is 1. The molecular formula is C10H21F2NO. The van der Waals surface area contributed by atoms with Crippen LogP contribution in [0.1, 0.15) is 27.2 Å². The summed E-state index contributed by atoms with van der Waals surface area (Å²) in [5, 5.41) is 8.57. The lowest BCUT2D eigenvalue weighted by molar-refractivity contribution is -0.0282. The number of hydrogen-bond donors (Lipinski definition) is 1. The number of aliphatic hydroxyl groups is 1. The van der Waals surface area contributed by atoms with Crippen molar-refractivity contribution in [3.8, 4) is 0 Å². The van der Waals surface area contributed by atoms with Crippen molar-refractivity contribution in [3.63, 3.8) is 0 Å². The number of hydrogen-bond acceptors (Lipinski definition) is 2. The van der Waals surface area contributed by atoms with Crippen LogP contribution < -0.4 is 0 Å². The monoisotopic (exact) mass is 209 g/mol.